The van der Waals surface area contributed by atoms with Crippen LogP contribution in [-0.2, 0) is 0 Å². The van der Waals surface area contributed by atoms with Gasteiger partial charge in [-0.3, -0.25) is 0 Å². The lowest BCUT2D eigenvalue weighted by molar-refractivity contribution is 0.412. The molecule has 0 unspecified atom stereocenters. The van der Waals surface area contributed by atoms with Crippen molar-refractivity contribution in [2.75, 3.05) is 7.11 Å². The molecule has 0 spiro atoms. The van der Waals surface area contributed by atoms with Gasteiger partial charge < -0.3 is 4.74 Å². The van der Waals surface area contributed by atoms with E-state index in [1.807, 2.05) is 24.3 Å². The first-order valence-electron chi connectivity index (χ1n) is 5.23. The highest BCUT2D eigenvalue weighted by atomic mass is 79.9. The number of hydrogen-bond acceptors (Lipinski definition) is 4. The van der Waals surface area contributed by atoms with Crippen molar-refractivity contribution in [2.24, 2.45) is 0 Å². The van der Waals surface area contributed by atoms with E-state index in [2.05, 4.69) is 25.9 Å². The third kappa shape index (κ3) is 2.49. The molecule has 0 amide bonds. The van der Waals surface area contributed by atoms with Gasteiger partial charge in [0.2, 0.25) is 0 Å². The Labute approximate surface area is 113 Å². The Morgan fingerprint density at radius 1 is 1.28 bits per heavy atom. The first kappa shape index (κ1) is 12.5. The van der Waals surface area contributed by atoms with Gasteiger partial charge in [0.05, 0.1) is 17.3 Å². The van der Waals surface area contributed by atoms with Crippen LogP contribution in [0.2, 0.25) is 0 Å². The summed E-state index contributed by atoms with van der Waals surface area (Å²) in [7, 11) is 1.61. The minimum Gasteiger partial charge on any atom is -0.496 e. The first-order chi connectivity index (χ1) is 8.63. The standard InChI is InChI=1S/C13H10BrN3O/c1-8-16-10(7-15)6-12(17-8)9-3-4-13(18-2)11(14)5-9/h3-6H,1-2H3. The maximum absolute atomic E-state index is 8.90. The van der Waals surface area contributed by atoms with Gasteiger partial charge in [-0.2, -0.15) is 5.26 Å². The third-order valence-electron chi connectivity index (χ3n) is 2.40. The van der Waals surface area contributed by atoms with Crippen molar-refractivity contribution in [1.82, 2.24) is 9.97 Å². The van der Waals surface area contributed by atoms with Crippen molar-refractivity contribution >= 4 is 15.9 Å². The number of methoxy groups -OCH3 is 1. The molecule has 0 saturated carbocycles. The van der Waals surface area contributed by atoms with Gasteiger partial charge in [0, 0.05) is 11.6 Å². The summed E-state index contributed by atoms with van der Waals surface area (Å²) in [5.41, 5.74) is 2.00. The summed E-state index contributed by atoms with van der Waals surface area (Å²) in [4.78, 5) is 8.35. The smallest absolute Gasteiger partial charge is 0.144 e. The zero-order valence-electron chi connectivity index (χ0n) is 9.94. The lowest BCUT2D eigenvalue weighted by Crippen LogP contribution is -1.95. The molecule has 0 N–H and O–H groups in total. The molecule has 1 aromatic carbocycles. The van der Waals surface area contributed by atoms with Crippen LogP contribution in [0.3, 0.4) is 0 Å². The van der Waals surface area contributed by atoms with Gasteiger partial charge in [-0.25, -0.2) is 9.97 Å². The van der Waals surface area contributed by atoms with Gasteiger partial charge >= 0.3 is 0 Å². The van der Waals surface area contributed by atoms with E-state index in [9.17, 15) is 0 Å². The van der Waals surface area contributed by atoms with Crippen LogP contribution >= 0.6 is 15.9 Å². The molecule has 0 aliphatic heterocycles. The number of ether oxygens (including phenoxy) is 1. The Balaban J connectivity index is 2.52. The molecule has 0 bridgehead atoms. The van der Waals surface area contributed by atoms with Crippen molar-refractivity contribution in [3.05, 3.63) is 40.3 Å². The predicted octanol–water partition coefficient (Wildman–Crippen LogP) is 3.09. The summed E-state index contributed by atoms with van der Waals surface area (Å²) >= 11 is 3.43. The van der Waals surface area contributed by atoms with Crippen LogP contribution in [0.1, 0.15) is 11.5 Å². The van der Waals surface area contributed by atoms with Gasteiger partial charge in [0.25, 0.3) is 0 Å². The maximum Gasteiger partial charge on any atom is 0.144 e. The van der Waals surface area contributed by atoms with E-state index in [0.29, 0.717) is 11.5 Å². The lowest BCUT2D eigenvalue weighted by atomic mass is 10.1. The molecule has 2 aromatic rings. The van der Waals surface area contributed by atoms with E-state index in [1.54, 1.807) is 20.1 Å². The highest BCUT2D eigenvalue weighted by Crippen LogP contribution is 2.29. The van der Waals surface area contributed by atoms with E-state index in [0.717, 1.165) is 21.5 Å². The molecule has 1 heterocycles. The van der Waals surface area contributed by atoms with Crippen molar-refractivity contribution < 1.29 is 4.74 Å². The summed E-state index contributed by atoms with van der Waals surface area (Å²) < 4.78 is 6.02. The SMILES string of the molecule is COc1ccc(-c2cc(C#N)nc(C)n2)cc1Br. The molecule has 0 fully saturated rings. The predicted molar refractivity (Wildman–Crippen MR) is 71.2 cm³/mol. The number of hydrogen-bond donors (Lipinski definition) is 0. The molecular formula is C13H10BrN3O. The summed E-state index contributed by atoms with van der Waals surface area (Å²) in [6, 6.07) is 9.35. The molecule has 2 rings (SSSR count). The molecule has 5 heteroatoms. The third-order valence-corrected chi connectivity index (χ3v) is 3.02. The molecule has 0 atom stereocenters. The monoisotopic (exact) mass is 303 g/mol. The Morgan fingerprint density at radius 3 is 2.67 bits per heavy atom. The molecule has 0 radical (unpaired) electrons. The van der Waals surface area contributed by atoms with Crippen LogP contribution in [0, 0.1) is 18.3 Å². The minimum absolute atomic E-state index is 0.365. The van der Waals surface area contributed by atoms with Crippen LogP contribution in [0.25, 0.3) is 11.3 Å². The largest absolute Gasteiger partial charge is 0.496 e. The van der Waals surface area contributed by atoms with Crippen LogP contribution < -0.4 is 4.74 Å². The van der Waals surface area contributed by atoms with Gasteiger partial charge in [-0.15, -0.1) is 0 Å². The normalized spacial score (nSPS) is 9.89. The zero-order valence-corrected chi connectivity index (χ0v) is 11.5. The summed E-state index contributed by atoms with van der Waals surface area (Å²) in [6.07, 6.45) is 0. The average Bonchev–Trinajstić information content (AvgIpc) is 2.37. The molecule has 0 aliphatic carbocycles. The molecule has 0 saturated heterocycles. The second-order valence-corrected chi connectivity index (χ2v) is 4.50. The number of aromatic nitrogens is 2. The topological polar surface area (TPSA) is 58.8 Å². The Morgan fingerprint density at radius 2 is 2.06 bits per heavy atom. The van der Waals surface area contributed by atoms with Crippen LogP contribution in [0.5, 0.6) is 5.75 Å². The second-order valence-electron chi connectivity index (χ2n) is 3.65. The minimum atomic E-state index is 0.365. The van der Waals surface area contributed by atoms with E-state index < -0.39 is 0 Å². The van der Waals surface area contributed by atoms with Gasteiger partial charge in [0.15, 0.2) is 0 Å². The fourth-order valence-corrected chi connectivity index (χ4v) is 2.14. The number of nitriles is 1. The van der Waals surface area contributed by atoms with Crippen molar-refractivity contribution in [3.8, 4) is 23.1 Å². The van der Waals surface area contributed by atoms with Gasteiger partial charge in [0.1, 0.15) is 23.3 Å². The fraction of sp³-hybridized carbons (Fsp3) is 0.154. The van der Waals surface area contributed by atoms with Crippen LogP contribution in [-0.4, -0.2) is 17.1 Å². The maximum atomic E-state index is 8.90. The average molecular weight is 304 g/mol. The summed E-state index contributed by atoms with van der Waals surface area (Å²) in [6.45, 7) is 1.77. The Bertz CT molecular complexity index is 635. The van der Waals surface area contributed by atoms with Crippen molar-refractivity contribution in [1.29, 1.82) is 5.26 Å². The lowest BCUT2D eigenvalue weighted by Gasteiger charge is -2.06. The number of rotatable bonds is 2. The molecule has 0 aliphatic rings. The highest BCUT2D eigenvalue weighted by molar-refractivity contribution is 9.10. The number of halogens is 1. The molecule has 4 nitrogen and oxygen atoms in total. The molecule has 90 valence electrons. The number of aryl methyl sites for hydroxylation is 1. The highest BCUT2D eigenvalue weighted by Gasteiger charge is 2.07. The second kappa shape index (κ2) is 5.15. The van der Waals surface area contributed by atoms with Crippen molar-refractivity contribution in [2.45, 2.75) is 6.92 Å². The van der Waals surface area contributed by atoms with Crippen LogP contribution in [0.15, 0.2) is 28.7 Å². The Hall–Kier alpha value is -1.93. The van der Waals surface area contributed by atoms with E-state index >= 15 is 0 Å². The fourth-order valence-electron chi connectivity index (χ4n) is 1.60. The number of nitrogens with zero attached hydrogens (tertiary/aromatic N) is 3. The van der Waals surface area contributed by atoms with Crippen LogP contribution in [0.4, 0.5) is 0 Å². The molecular weight excluding hydrogens is 294 g/mol. The zero-order chi connectivity index (χ0) is 13.1. The quantitative estimate of drug-likeness (QED) is 0.855. The molecule has 1 aromatic heterocycles. The van der Waals surface area contributed by atoms with Gasteiger partial charge in [-0.05, 0) is 41.1 Å². The van der Waals surface area contributed by atoms with E-state index in [1.165, 1.54) is 0 Å². The summed E-state index contributed by atoms with van der Waals surface area (Å²) in [5, 5.41) is 8.90. The summed E-state index contributed by atoms with van der Waals surface area (Å²) in [5.74, 6) is 1.33. The van der Waals surface area contributed by atoms with E-state index in [4.69, 9.17) is 10.00 Å². The Kier molecular flexibility index (Phi) is 3.58. The van der Waals surface area contributed by atoms with Crippen molar-refractivity contribution in [3.63, 3.8) is 0 Å². The molecule has 18 heavy (non-hydrogen) atoms. The van der Waals surface area contributed by atoms with E-state index in [-0.39, 0.29) is 0 Å². The first-order valence-corrected chi connectivity index (χ1v) is 6.03. The van der Waals surface area contributed by atoms with Gasteiger partial charge in [-0.1, -0.05) is 0 Å². The number of benzene rings is 1.